The van der Waals surface area contributed by atoms with Crippen molar-refractivity contribution < 1.29 is 8.42 Å². The number of aryl methyl sites for hydroxylation is 1. The van der Waals surface area contributed by atoms with Crippen LogP contribution in [0.4, 0.5) is 0 Å². The molecule has 0 fully saturated rings. The molecule has 0 radical (unpaired) electrons. The highest BCUT2D eigenvalue weighted by Gasteiger charge is 2.17. The molecule has 0 saturated heterocycles. The second-order valence-corrected chi connectivity index (χ2v) is 6.18. The molecule has 0 aliphatic carbocycles. The van der Waals surface area contributed by atoms with E-state index in [0.29, 0.717) is 17.1 Å². The maximum atomic E-state index is 12.3. The van der Waals surface area contributed by atoms with Crippen LogP contribution in [0.2, 0.25) is 0 Å². The molecule has 0 bridgehead atoms. The van der Waals surface area contributed by atoms with Crippen molar-refractivity contribution in [2.45, 2.75) is 18.0 Å². The average molecular weight is 294 g/mol. The standard InChI is InChI=1S/C13H18N4O2S/c1-14-9-11-5-3-4-6-13(11)20(18,19)15-10-12-7-8-17(2)16-12/h3-8,14-15H,9-10H2,1-2H3. The molecule has 0 spiro atoms. The topological polar surface area (TPSA) is 76.0 Å². The molecule has 1 aromatic carbocycles. The van der Waals surface area contributed by atoms with Crippen molar-refractivity contribution in [3.05, 3.63) is 47.8 Å². The molecule has 2 aromatic rings. The van der Waals surface area contributed by atoms with Crippen LogP contribution in [0.25, 0.3) is 0 Å². The fourth-order valence-corrected chi connectivity index (χ4v) is 3.14. The van der Waals surface area contributed by atoms with Gasteiger partial charge in [-0.15, -0.1) is 0 Å². The number of benzene rings is 1. The average Bonchev–Trinajstić information content (AvgIpc) is 2.83. The van der Waals surface area contributed by atoms with Crippen molar-refractivity contribution in [3.8, 4) is 0 Å². The van der Waals surface area contributed by atoms with E-state index in [-0.39, 0.29) is 6.54 Å². The molecule has 0 aliphatic heterocycles. The van der Waals surface area contributed by atoms with E-state index >= 15 is 0 Å². The number of sulfonamides is 1. The monoisotopic (exact) mass is 294 g/mol. The lowest BCUT2D eigenvalue weighted by Crippen LogP contribution is -2.25. The number of hydrogen-bond acceptors (Lipinski definition) is 4. The maximum absolute atomic E-state index is 12.3. The molecule has 2 rings (SSSR count). The van der Waals surface area contributed by atoms with Crippen LogP contribution < -0.4 is 10.0 Å². The zero-order chi connectivity index (χ0) is 14.6. The first-order valence-corrected chi connectivity index (χ1v) is 7.72. The zero-order valence-electron chi connectivity index (χ0n) is 11.5. The number of aromatic nitrogens is 2. The Hall–Kier alpha value is -1.70. The van der Waals surface area contributed by atoms with Crippen LogP contribution in [-0.4, -0.2) is 25.2 Å². The Kier molecular flexibility index (Phi) is 4.53. The molecule has 0 unspecified atom stereocenters. The van der Waals surface area contributed by atoms with Crippen molar-refractivity contribution in [2.75, 3.05) is 7.05 Å². The van der Waals surface area contributed by atoms with Gasteiger partial charge in [-0.05, 0) is 24.7 Å². The molecule has 1 aromatic heterocycles. The first-order valence-electron chi connectivity index (χ1n) is 6.23. The van der Waals surface area contributed by atoms with E-state index in [4.69, 9.17) is 0 Å². The number of rotatable bonds is 6. The van der Waals surface area contributed by atoms with E-state index in [1.165, 1.54) is 0 Å². The van der Waals surface area contributed by atoms with Gasteiger partial charge in [0.15, 0.2) is 0 Å². The van der Waals surface area contributed by atoms with Gasteiger partial charge in [-0.25, -0.2) is 13.1 Å². The van der Waals surface area contributed by atoms with Crippen molar-refractivity contribution in [2.24, 2.45) is 7.05 Å². The minimum Gasteiger partial charge on any atom is -0.316 e. The predicted molar refractivity (Wildman–Crippen MR) is 76.4 cm³/mol. The molecular weight excluding hydrogens is 276 g/mol. The lowest BCUT2D eigenvalue weighted by Gasteiger charge is -2.10. The van der Waals surface area contributed by atoms with Crippen LogP contribution in [0, 0.1) is 0 Å². The smallest absolute Gasteiger partial charge is 0.241 e. The minimum absolute atomic E-state index is 0.178. The van der Waals surface area contributed by atoms with Crippen molar-refractivity contribution >= 4 is 10.0 Å². The van der Waals surface area contributed by atoms with Gasteiger partial charge in [0.1, 0.15) is 0 Å². The van der Waals surface area contributed by atoms with Gasteiger partial charge < -0.3 is 5.32 Å². The van der Waals surface area contributed by atoms with Gasteiger partial charge in [0.25, 0.3) is 0 Å². The van der Waals surface area contributed by atoms with Crippen molar-refractivity contribution in [3.63, 3.8) is 0 Å². The molecule has 0 aliphatic rings. The second kappa shape index (κ2) is 6.17. The highest BCUT2D eigenvalue weighted by atomic mass is 32.2. The van der Waals surface area contributed by atoms with Crippen LogP contribution in [0.1, 0.15) is 11.3 Å². The molecule has 6 nitrogen and oxygen atoms in total. The molecular formula is C13H18N4O2S. The van der Waals surface area contributed by atoms with Crippen molar-refractivity contribution in [1.82, 2.24) is 19.8 Å². The lowest BCUT2D eigenvalue weighted by molar-refractivity contribution is 0.577. The number of nitrogens with zero attached hydrogens (tertiary/aromatic N) is 2. The third kappa shape index (κ3) is 3.44. The van der Waals surface area contributed by atoms with Crippen molar-refractivity contribution in [1.29, 1.82) is 0 Å². The van der Waals surface area contributed by atoms with Crippen LogP contribution in [0.5, 0.6) is 0 Å². The van der Waals surface area contributed by atoms with Crippen LogP contribution in [0.3, 0.4) is 0 Å². The van der Waals surface area contributed by atoms with E-state index in [2.05, 4.69) is 15.1 Å². The van der Waals surface area contributed by atoms with E-state index in [1.807, 2.05) is 6.07 Å². The molecule has 1 heterocycles. The fourth-order valence-electron chi connectivity index (χ4n) is 1.91. The molecule has 0 amide bonds. The summed E-state index contributed by atoms with van der Waals surface area (Å²) in [5.41, 5.74) is 1.42. The molecule has 20 heavy (non-hydrogen) atoms. The Morgan fingerprint density at radius 1 is 1.20 bits per heavy atom. The summed E-state index contributed by atoms with van der Waals surface area (Å²) in [6.45, 7) is 0.678. The van der Waals surface area contributed by atoms with Gasteiger partial charge >= 0.3 is 0 Å². The fraction of sp³-hybridized carbons (Fsp3) is 0.308. The first-order chi connectivity index (χ1) is 9.53. The summed E-state index contributed by atoms with van der Waals surface area (Å²) < 4.78 is 28.9. The van der Waals surface area contributed by atoms with Gasteiger partial charge in [-0.3, -0.25) is 4.68 Å². The predicted octanol–water partition coefficient (Wildman–Crippen LogP) is 0.618. The van der Waals surface area contributed by atoms with Gasteiger partial charge in [-0.2, -0.15) is 5.10 Å². The molecule has 7 heteroatoms. The molecule has 0 atom stereocenters. The summed E-state index contributed by atoms with van der Waals surface area (Å²) >= 11 is 0. The largest absolute Gasteiger partial charge is 0.316 e. The second-order valence-electron chi connectivity index (χ2n) is 4.44. The summed E-state index contributed by atoms with van der Waals surface area (Å²) in [6, 6.07) is 8.72. The Bertz CT molecular complexity index is 679. The van der Waals surface area contributed by atoms with Gasteiger partial charge in [0.05, 0.1) is 17.1 Å². The highest BCUT2D eigenvalue weighted by Crippen LogP contribution is 2.15. The van der Waals surface area contributed by atoms with Gasteiger partial charge in [-0.1, -0.05) is 18.2 Å². The summed E-state index contributed by atoms with van der Waals surface area (Å²) in [7, 11) is 0.0330. The normalized spacial score (nSPS) is 11.7. The van der Waals surface area contributed by atoms with E-state index in [0.717, 1.165) is 5.56 Å². The van der Waals surface area contributed by atoms with Crippen LogP contribution >= 0.6 is 0 Å². The first kappa shape index (κ1) is 14.7. The lowest BCUT2D eigenvalue weighted by atomic mass is 10.2. The quantitative estimate of drug-likeness (QED) is 0.819. The Labute approximate surface area is 118 Å². The van der Waals surface area contributed by atoms with Crippen LogP contribution in [-0.2, 0) is 30.2 Å². The zero-order valence-corrected chi connectivity index (χ0v) is 12.3. The Balaban J connectivity index is 2.18. The highest BCUT2D eigenvalue weighted by molar-refractivity contribution is 7.89. The van der Waals surface area contributed by atoms with E-state index in [1.54, 1.807) is 49.2 Å². The summed E-state index contributed by atoms with van der Waals surface area (Å²) in [5, 5.41) is 7.11. The van der Waals surface area contributed by atoms with E-state index < -0.39 is 10.0 Å². The number of hydrogen-bond donors (Lipinski definition) is 2. The molecule has 2 N–H and O–H groups in total. The van der Waals surface area contributed by atoms with Gasteiger partial charge in [0, 0.05) is 19.8 Å². The Morgan fingerprint density at radius 3 is 2.60 bits per heavy atom. The third-order valence-electron chi connectivity index (χ3n) is 2.84. The minimum atomic E-state index is -3.54. The van der Waals surface area contributed by atoms with Gasteiger partial charge in [0.2, 0.25) is 10.0 Å². The molecule has 108 valence electrons. The molecule has 0 saturated carbocycles. The summed E-state index contributed by atoms with van der Waals surface area (Å²) in [5.74, 6) is 0. The van der Waals surface area contributed by atoms with E-state index in [9.17, 15) is 8.42 Å². The maximum Gasteiger partial charge on any atom is 0.241 e. The van der Waals surface area contributed by atoms with Crippen LogP contribution in [0.15, 0.2) is 41.4 Å². The summed E-state index contributed by atoms with van der Waals surface area (Å²) in [4.78, 5) is 0.297. The third-order valence-corrected chi connectivity index (χ3v) is 4.34. The SMILES string of the molecule is CNCc1ccccc1S(=O)(=O)NCc1ccn(C)n1. The Morgan fingerprint density at radius 2 is 1.95 bits per heavy atom. The summed E-state index contributed by atoms with van der Waals surface area (Å²) in [6.07, 6.45) is 1.78. The number of nitrogens with one attached hydrogen (secondary N) is 2.